The van der Waals surface area contributed by atoms with Gasteiger partial charge in [-0.25, -0.2) is 5.43 Å². The van der Waals surface area contributed by atoms with Crippen LogP contribution in [0, 0.1) is 3.57 Å². The lowest BCUT2D eigenvalue weighted by atomic mass is 10.2. The quantitative estimate of drug-likeness (QED) is 0.0839. The first kappa shape index (κ1) is 28.1. The Balaban J connectivity index is 1.27. The molecule has 0 saturated carbocycles. The minimum atomic E-state index is -0.242. The van der Waals surface area contributed by atoms with Crippen LogP contribution >= 0.6 is 50.3 Å². The number of nitrogens with zero attached hydrogens (tertiary/aromatic N) is 4. The highest BCUT2D eigenvalue weighted by molar-refractivity contribution is 14.1. The average Bonchev–Trinajstić information content (AvgIpc) is 3.29. The minimum Gasteiger partial charge on any atom is -0.488 e. The molecule has 0 aliphatic carbocycles. The molecule has 0 aliphatic rings. The molecule has 0 bridgehead atoms. The summed E-state index contributed by atoms with van der Waals surface area (Å²) in [7, 11) is 1.89. The molecule has 196 valence electrons. The number of aromatic nitrogens is 3. The van der Waals surface area contributed by atoms with E-state index in [-0.39, 0.29) is 17.7 Å². The number of thioether (sulfide) groups is 1. The van der Waals surface area contributed by atoms with Gasteiger partial charge < -0.3 is 14.6 Å². The van der Waals surface area contributed by atoms with Crippen molar-refractivity contribution in [3.8, 4) is 5.75 Å². The monoisotopic (exact) mass is 704 g/mol. The van der Waals surface area contributed by atoms with Crippen molar-refractivity contribution < 1.29 is 9.53 Å². The molecule has 0 spiro atoms. The summed E-state index contributed by atoms with van der Waals surface area (Å²) in [6, 6.07) is 23.6. The maximum Gasteiger partial charge on any atom is 0.250 e. The first-order chi connectivity index (χ1) is 18.4. The molecule has 0 unspecified atom stereocenters. The molecule has 1 atom stereocenters. The molecule has 0 radical (unpaired) electrons. The second-order valence-corrected chi connectivity index (χ2v) is 11.4. The van der Waals surface area contributed by atoms with Crippen LogP contribution in [0.25, 0.3) is 0 Å². The van der Waals surface area contributed by atoms with Crippen LogP contribution in [-0.2, 0) is 18.4 Å². The highest BCUT2D eigenvalue weighted by atomic mass is 127. The van der Waals surface area contributed by atoms with Gasteiger partial charge in [-0.15, -0.1) is 10.2 Å². The number of hydrogen-bond donors (Lipinski definition) is 2. The Hall–Kier alpha value is -2.90. The number of hydrogen-bond acceptors (Lipinski definition) is 7. The SMILES string of the molecule is C[C@H](Nc1ccc(I)cc1)c1nnc(SCC(=O)N/N=C/c2ccccc2OCc2ccc(Br)cc2)n1C. The summed E-state index contributed by atoms with van der Waals surface area (Å²) in [4.78, 5) is 12.4. The lowest BCUT2D eigenvalue weighted by Crippen LogP contribution is -2.20. The summed E-state index contributed by atoms with van der Waals surface area (Å²) in [5.41, 5.74) is 5.40. The Labute approximate surface area is 247 Å². The van der Waals surface area contributed by atoms with Crippen molar-refractivity contribution in [3.05, 3.63) is 97.8 Å². The number of ether oxygens (including phenoxy) is 1. The zero-order valence-corrected chi connectivity index (χ0v) is 25.3. The third kappa shape index (κ3) is 8.05. The van der Waals surface area contributed by atoms with Gasteiger partial charge in [0.25, 0.3) is 5.91 Å². The molecule has 11 heteroatoms. The van der Waals surface area contributed by atoms with E-state index in [1.807, 2.05) is 91.3 Å². The maximum absolute atomic E-state index is 12.4. The van der Waals surface area contributed by atoms with Gasteiger partial charge in [0.2, 0.25) is 0 Å². The Kier molecular flexibility index (Phi) is 10.2. The molecule has 4 rings (SSSR count). The van der Waals surface area contributed by atoms with Gasteiger partial charge >= 0.3 is 0 Å². The van der Waals surface area contributed by atoms with Crippen LogP contribution in [0.2, 0.25) is 0 Å². The van der Waals surface area contributed by atoms with Gasteiger partial charge in [0.1, 0.15) is 12.4 Å². The highest BCUT2D eigenvalue weighted by Gasteiger charge is 2.16. The maximum atomic E-state index is 12.4. The van der Waals surface area contributed by atoms with Gasteiger partial charge in [-0.3, -0.25) is 4.79 Å². The van der Waals surface area contributed by atoms with Gasteiger partial charge in [0.05, 0.1) is 18.0 Å². The van der Waals surface area contributed by atoms with Crippen LogP contribution in [0.3, 0.4) is 0 Å². The summed E-state index contributed by atoms with van der Waals surface area (Å²) in [6.07, 6.45) is 1.58. The number of halogens is 2. The predicted octanol–water partition coefficient (Wildman–Crippen LogP) is 6.18. The first-order valence-corrected chi connectivity index (χ1v) is 14.6. The topological polar surface area (TPSA) is 93.4 Å². The summed E-state index contributed by atoms with van der Waals surface area (Å²) >= 11 is 7.02. The number of carbonyl (C=O) groups is 1. The fourth-order valence-corrected chi connectivity index (χ4v) is 4.82. The van der Waals surface area contributed by atoms with Crippen molar-refractivity contribution in [1.82, 2.24) is 20.2 Å². The lowest BCUT2D eigenvalue weighted by molar-refractivity contribution is -0.118. The molecule has 0 saturated heterocycles. The number of nitrogens with one attached hydrogen (secondary N) is 2. The summed E-state index contributed by atoms with van der Waals surface area (Å²) in [6.45, 7) is 2.46. The lowest BCUT2D eigenvalue weighted by Gasteiger charge is -2.14. The van der Waals surface area contributed by atoms with Crippen LogP contribution in [-0.4, -0.2) is 32.6 Å². The van der Waals surface area contributed by atoms with Gasteiger partial charge in [-0.05, 0) is 83.6 Å². The average molecular weight is 705 g/mol. The van der Waals surface area contributed by atoms with E-state index in [0.29, 0.717) is 17.5 Å². The fraction of sp³-hybridized carbons (Fsp3) is 0.185. The second kappa shape index (κ2) is 13.8. The molecule has 1 heterocycles. The fourth-order valence-electron chi connectivity index (χ4n) is 3.49. The third-order valence-electron chi connectivity index (χ3n) is 5.44. The zero-order chi connectivity index (χ0) is 26.9. The Morgan fingerprint density at radius 3 is 2.63 bits per heavy atom. The van der Waals surface area contributed by atoms with Crippen LogP contribution in [0.4, 0.5) is 5.69 Å². The van der Waals surface area contributed by atoms with Crippen molar-refractivity contribution in [3.63, 3.8) is 0 Å². The molecule has 0 fully saturated rings. The van der Waals surface area contributed by atoms with E-state index in [9.17, 15) is 4.79 Å². The van der Waals surface area contributed by atoms with Crippen molar-refractivity contribution in [2.24, 2.45) is 12.1 Å². The normalized spacial score (nSPS) is 11.9. The van der Waals surface area contributed by atoms with E-state index in [0.717, 1.165) is 27.1 Å². The number of rotatable bonds is 11. The molecular formula is C27H26BrIN6O2S. The van der Waals surface area contributed by atoms with Crippen LogP contribution < -0.4 is 15.5 Å². The molecular weight excluding hydrogens is 679 g/mol. The van der Waals surface area contributed by atoms with Crippen molar-refractivity contribution >= 4 is 68.1 Å². The van der Waals surface area contributed by atoms with Crippen molar-refractivity contribution in [1.29, 1.82) is 0 Å². The third-order valence-corrected chi connectivity index (χ3v) is 7.70. The van der Waals surface area contributed by atoms with Crippen LogP contribution in [0.15, 0.2) is 87.5 Å². The largest absolute Gasteiger partial charge is 0.488 e. The molecule has 2 N–H and O–H groups in total. The summed E-state index contributed by atoms with van der Waals surface area (Å²) in [5.74, 6) is 1.38. The van der Waals surface area contributed by atoms with Gasteiger partial charge in [0, 0.05) is 26.3 Å². The second-order valence-electron chi connectivity index (χ2n) is 8.31. The van der Waals surface area contributed by atoms with Crippen LogP contribution in [0.5, 0.6) is 5.75 Å². The van der Waals surface area contributed by atoms with E-state index in [1.165, 1.54) is 15.3 Å². The number of amides is 1. The van der Waals surface area contributed by atoms with Gasteiger partial charge in [-0.2, -0.15) is 5.10 Å². The zero-order valence-electron chi connectivity index (χ0n) is 20.8. The summed E-state index contributed by atoms with van der Waals surface area (Å²) in [5, 5.41) is 16.8. The smallest absolute Gasteiger partial charge is 0.250 e. The number of carbonyl (C=O) groups excluding carboxylic acids is 1. The van der Waals surface area contributed by atoms with E-state index >= 15 is 0 Å². The number of benzene rings is 3. The molecule has 0 aliphatic heterocycles. The molecule has 3 aromatic carbocycles. The Morgan fingerprint density at radius 1 is 1.13 bits per heavy atom. The first-order valence-electron chi connectivity index (χ1n) is 11.7. The molecule has 38 heavy (non-hydrogen) atoms. The minimum absolute atomic E-state index is 0.0496. The number of para-hydroxylation sites is 1. The standard InChI is InChI=1S/C27H26BrIN6O2S/c1-18(31-23-13-11-22(29)12-14-23)26-33-34-27(35(26)2)38-17-25(36)32-30-15-20-5-3-4-6-24(20)37-16-19-7-9-21(28)10-8-19/h3-15,18,31H,16-17H2,1-2H3,(H,32,36)/b30-15+/t18-/m0/s1. The Morgan fingerprint density at radius 2 is 1.87 bits per heavy atom. The van der Waals surface area contributed by atoms with E-state index in [4.69, 9.17) is 4.74 Å². The molecule has 1 amide bonds. The Bertz CT molecular complexity index is 1400. The number of anilines is 1. The van der Waals surface area contributed by atoms with E-state index in [2.05, 4.69) is 64.6 Å². The van der Waals surface area contributed by atoms with Crippen molar-refractivity contribution in [2.45, 2.75) is 24.7 Å². The van der Waals surface area contributed by atoms with Gasteiger partial charge in [-0.1, -0.05) is 52.0 Å². The van der Waals surface area contributed by atoms with E-state index < -0.39 is 0 Å². The van der Waals surface area contributed by atoms with Crippen LogP contribution in [0.1, 0.15) is 29.9 Å². The molecule has 8 nitrogen and oxygen atoms in total. The van der Waals surface area contributed by atoms with Crippen molar-refractivity contribution in [2.75, 3.05) is 11.1 Å². The number of hydrazone groups is 1. The van der Waals surface area contributed by atoms with E-state index in [1.54, 1.807) is 6.21 Å². The summed E-state index contributed by atoms with van der Waals surface area (Å²) < 4.78 is 10.0. The molecule has 1 aromatic heterocycles. The highest BCUT2D eigenvalue weighted by Crippen LogP contribution is 2.23. The molecule has 4 aromatic rings. The predicted molar refractivity (Wildman–Crippen MR) is 164 cm³/mol. The van der Waals surface area contributed by atoms with Gasteiger partial charge in [0.15, 0.2) is 11.0 Å².